The Morgan fingerprint density at radius 1 is 1.08 bits per heavy atom. The predicted octanol–water partition coefficient (Wildman–Crippen LogP) is 1.97. The van der Waals surface area contributed by atoms with Crippen molar-refractivity contribution in [3.63, 3.8) is 0 Å². The third kappa shape index (κ3) is 2.98. The Balaban J connectivity index is 1.50. The van der Waals surface area contributed by atoms with Gasteiger partial charge in [-0.25, -0.2) is 4.90 Å². The van der Waals surface area contributed by atoms with Crippen LogP contribution in [0.1, 0.15) is 24.0 Å². The maximum atomic E-state index is 14.1. The number of anilines is 2. The SMILES string of the molecule is Cc1c(Cl)ccc2c1NC(=O)[C@]21[NH2+][C@H](CCC(N)=O)[C@H]2C(=O)N(c3ccc4ccccc4c3)C(=O)[C@H]21. The first-order valence-corrected chi connectivity index (χ1v) is 12.2. The van der Waals surface area contributed by atoms with Gasteiger partial charge in [0.2, 0.25) is 23.3 Å². The zero-order valence-corrected chi connectivity index (χ0v) is 20.2. The molecule has 0 bridgehead atoms. The van der Waals surface area contributed by atoms with Crippen molar-refractivity contribution in [2.24, 2.45) is 17.6 Å². The third-order valence-electron chi connectivity index (χ3n) is 7.95. The van der Waals surface area contributed by atoms with E-state index in [4.69, 9.17) is 17.3 Å². The summed E-state index contributed by atoms with van der Waals surface area (Å²) in [6, 6.07) is 16.1. The van der Waals surface area contributed by atoms with Crippen LogP contribution in [0, 0.1) is 18.8 Å². The van der Waals surface area contributed by atoms with Crippen molar-refractivity contribution < 1.29 is 24.5 Å². The Kier molecular flexibility index (Phi) is 4.97. The monoisotopic (exact) mass is 503 g/mol. The van der Waals surface area contributed by atoms with E-state index in [1.54, 1.807) is 30.4 Å². The van der Waals surface area contributed by atoms with Crippen LogP contribution in [-0.4, -0.2) is 29.7 Å². The lowest BCUT2D eigenvalue weighted by Crippen LogP contribution is -2.99. The van der Waals surface area contributed by atoms with Gasteiger partial charge in [-0.15, -0.1) is 0 Å². The van der Waals surface area contributed by atoms with E-state index < -0.39 is 35.2 Å². The average Bonchev–Trinajstić information content (AvgIpc) is 3.44. The fourth-order valence-electron chi connectivity index (χ4n) is 6.29. The fraction of sp³-hybridized carbons (Fsp3) is 0.259. The van der Waals surface area contributed by atoms with Crippen LogP contribution in [-0.2, 0) is 24.7 Å². The van der Waals surface area contributed by atoms with Crippen molar-refractivity contribution in [2.75, 3.05) is 10.2 Å². The van der Waals surface area contributed by atoms with Crippen molar-refractivity contribution in [3.8, 4) is 0 Å². The standard InChI is InChI=1S/C27H23ClN4O4/c1-13-18(28)9-8-17-23(13)30-26(36)27(17)22-21(19(31-27)10-11-20(29)33)24(34)32(25(22)35)16-7-6-14-4-2-3-5-15(14)12-16/h2-9,12,19,21-22,31H,10-11H2,1H3,(H2,29,33)(H,30,36)/p+1/t19-,21-,22+,27+/m1/s1. The van der Waals surface area contributed by atoms with Gasteiger partial charge in [-0.05, 0) is 47.5 Å². The molecule has 2 fully saturated rings. The van der Waals surface area contributed by atoms with E-state index in [9.17, 15) is 19.2 Å². The first kappa shape index (κ1) is 22.7. The van der Waals surface area contributed by atoms with Crippen LogP contribution < -0.4 is 21.3 Å². The molecule has 3 aromatic carbocycles. The number of carbonyl (C=O) groups excluding carboxylic acids is 4. The number of carbonyl (C=O) groups is 4. The molecule has 182 valence electrons. The number of nitrogens with one attached hydrogen (secondary N) is 1. The lowest BCUT2D eigenvalue weighted by molar-refractivity contribution is -0.733. The molecule has 36 heavy (non-hydrogen) atoms. The summed E-state index contributed by atoms with van der Waals surface area (Å²) < 4.78 is 0. The van der Waals surface area contributed by atoms with Gasteiger partial charge >= 0.3 is 0 Å². The Bertz CT molecular complexity index is 1500. The van der Waals surface area contributed by atoms with Crippen molar-refractivity contribution in [1.82, 2.24) is 0 Å². The third-order valence-corrected chi connectivity index (χ3v) is 8.36. The molecule has 0 aromatic heterocycles. The van der Waals surface area contributed by atoms with Gasteiger partial charge in [0.05, 0.1) is 11.4 Å². The molecule has 4 atom stereocenters. The molecular formula is C27H24ClN4O4+. The second kappa shape index (κ2) is 7.88. The van der Waals surface area contributed by atoms with Gasteiger partial charge in [0.15, 0.2) is 0 Å². The Labute approximate surface area is 211 Å². The van der Waals surface area contributed by atoms with Gasteiger partial charge in [-0.1, -0.05) is 41.9 Å². The maximum Gasteiger partial charge on any atom is 0.291 e. The molecule has 0 radical (unpaired) electrons. The molecule has 1 spiro atoms. The number of amides is 4. The summed E-state index contributed by atoms with van der Waals surface area (Å²) in [5.74, 6) is -3.36. The molecule has 3 heterocycles. The van der Waals surface area contributed by atoms with Crippen molar-refractivity contribution in [2.45, 2.75) is 31.3 Å². The summed E-state index contributed by atoms with van der Waals surface area (Å²) in [6.07, 6.45) is 0.323. The van der Waals surface area contributed by atoms with Gasteiger partial charge in [0, 0.05) is 23.4 Å². The molecule has 0 unspecified atom stereocenters. The molecule has 0 saturated carbocycles. The quantitative estimate of drug-likeness (QED) is 0.470. The van der Waals surface area contributed by atoms with Crippen LogP contribution in [0.4, 0.5) is 11.4 Å². The highest BCUT2D eigenvalue weighted by molar-refractivity contribution is 6.32. The molecule has 8 nitrogen and oxygen atoms in total. The summed E-state index contributed by atoms with van der Waals surface area (Å²) in [4.78, 5) is 54.4. The van der Waals surface area contributed by atoms with E-state index in [0.717, 1.165) is 10.8 Å². The number of halogens is 1. The van der Waals surface area contributed by atoms with E-state index in [0.29, 0.717) is 27.5 Å². The second-order valence-corrected chi connectivity index (χ2v) is 10.2. The number of benzene rings is 3. The molecule has 3 aliphatic rings. The van der Waals surface area contributed by atoms with Crippen LogP contribution in [0.3, 0.4) is 0 Å². The van der Waals surface area contributed by atoms with Crippen molar-refractivity contribution in [3.05, 3.63) is 70.7 Å². The van der Waals surface area contributed by atoms with Gasteiger partial charge in [0.1, 0.15) is 17.9 Å². The number of hydrogen-bond acceptors (Lipinski definition) is 4. The van der Waals surface area contributed by atoms with E-state index in [-0.39, 0.29) is 24.7 Å². The van der Waals surface area contributed by atoms with Crippen LogP contribution in [0.25, 0.3) is 10.8 Å². The number of rotatable bonds is 4. The van der Waals surface area contributed by atoms with Gasteiger partial charge in [-0.3, -0.25) is 19.2 Å². The van der Waals surface area contributed by atoms with Crippen LogP contribution in [0.2, 0.25) is 5.02 Å². The summed E-state index contributed by atoms with van der Waals surface area (Å²) >= 11 is 6.32. The van der Waals surface area contributed by atoms with Gasteiger partial charge in [0.25, 0.3) is 5.91 Å². The van der Waals surface area contributed by atoms with Gasteiger partial charge in [-0.2, -0.15) is 0 Å². The lowest BCUT2D eigenvalue weighted by Gasteiger charge is -2.26. The zero-order valence-electron chi connectivity index (χ0n) is 19.5. The summed E-state index contributed by atoms with van der Waals surface area (Å²) in [6.45, 7) is 1.81. The number of quaternary nitrogens is 1. The molecule has 5 N–H and O–H groups in total. The average molecular weight is 504 g/mol. The summed E-state index contributed by atoms with van der Waals surface area (Å²) in [5, 5.41) is 7.10. The van der Waals surface area contributed by atoms with Crippen LogP contribution in [0.15, 0.2) is 54.6 Å². The highest BCUT2D eigenvalue weighted by Crippen LogP contribution is 2.51. The first-order valence-electron chi connectivity index (χ1n) is 11.9. The van der Waals surface area contributed by atoms with E-state index >= 15 is 0 Å². The van der Waals surface area contributed by atoms with E-state index in [1.165, 1.54) is 4.90 Å². The Morgan fingerprint density at radius 3 is 2.58 bits per heavy atom. The smallest absolute Gasteiger partial charge is 0.291 e. The first-order chi connectivity index (χ1) is 17.2. The predicted molar refractivity (Wildman–Crippen MR) is 134 cm³/mol. The fourth-order valence-corrected chi connectivity index (χ4v) is 6.45. The number of nitrogens with zero attached hydrogens (tertiary/aromatic N) is 1. The second-order valence-electron chi connectivity index (χ2n) is 9.80. The molecule has 0 aliphatic carbocycles. The number of nitrogens with two attached hydrogens (primary N) is 2. The topological polar surface area (TPSA) is 126 Å². The minimum absolute atomic E-state index is 0.0477. The highest BCUT2D eigenvalue weighted by Gasteiger charge is 2.74. The molecule has 2 saturated heterocycles. The number of primary amides is 1. The minimum Gasteiger partial charge on any atom is -0.370 e. The summed E-state index contributed by atoms with van der Waals surface area (Å²) in [7, 11) is 0. The molecule has 4 amide bonds. The minimum atomic E-state index is -1.34. The highest BCUT2D eigenvalue weighted by atomic mass is 35.5. The Morgan fingerprint density at radius 2 is 1.83 bits per heavy atom. The molecule has 3 aromatic rings. The van der Waals surface area contributed by atoms with Gasteiger partial charge < -0.3 is 16.4 Å². The number of imide groups is 1. The van der Waals surface area contributed by atoms with Crippen molar-refractivity contribution >= 4 is 57.4 Å². The number of fused-ring (bicyclic) bond motifs is 5. The largest absolute Gasteiger partial charge is 0.370 e. The Hall–Kier alpha value is -3.75. The van der Waals surface area contributed by atoms with Crippen molar-refractivity contribution in [1.29, 1.82) is 0 Å². The lowest BCUT2D eigenvalue weighted by atomic mass is 9.76. The maximum absolute atomic E-state index is 14.1. The normalized spacial score (nSPS) is 26.6. The zero-order chi connectivity index (χ0) is 25.4. The van der Waals surface area contributed by atoms with Crippen LogP contribution in [0.5, 0.6) is 0 Å². The molecule has 9 heteroatoms. The molecule has 3 aliphatic heterocycles. The molecular weight excluding hydrogens is 480 g/mol. The molecule has 6 rings (SSSR count). The van der Waals surface area contributed by atoms with Crippen LogP contribution >= 0.6 is 11.6 Å². The van der Waals surface area contributed by atoms with E-state index in [1.807, 2.05) is 36.4 Å². The summed E-state index contributed by atoms with van der Waals surface area (Å²) in [5.41, 5.74) is 6.45. The van der Waals surface area contributed by atoms with E-state index in [2.05, 4.69) is 5.32 Å². The number of hydrogen-bond donors (Lipinski definition) is 3.